The number of nitrogens with zero attached hydrogens (tertiary/aromatic N) is 5. The molecule has 1 atom stereocenters. The average Bonchev–Trinajstić information content (AvgIpc) is 3.03. The first-order chi connectivity index (χ1) is 10.2. The largest absolute Gasteiger partial charge is 0.381 e. The van der Waals surface area contributed by atoms with Crippen LogP contribution in [0.5, 0.6) is 0 Å². The fraction of sp³-hybridized carbons (Fsp3) is 0.600. The van der Waals surface area contributed by atoms with Crippen LogP contribution in [0.1, 0.15) is 29.8 Å². The Labute approximate surface area is 125 Å². The monoisotopic (exact) mass is 289 g/mol. The summed E-state index contributed by atoms with van der Waals surface area (Å²) in [6, 6.07) is 0. The number of ether oxygens (including phenoxy) is 1. The third-order valence-electron chi connectivity index (χ3n) is 3.99. The molecule has 1 aliphatic rings. The molecule has 1 aliphatic heterocycles. The highest BCUT2D eigenvalue weighted by Crippen LogP contribution is 2.28. The van der Waals surface area contributed by atoms with E-state index in [1.165, 1.54) is 17.0 Å². The number of imidazole rings is 1. The molecular formula is C15H23N5O. The van der Waals surface area contributed by atoms with Gasteiger partial charge < -0.3 is 9.30 Å². The Morgan fingerprint density at radius 1 is 1.38 bits per heavy atom. The molecule has 0 aromatic carbocycles. The molecule has 1 unspecified atom stereocenters. The number of aromatic nitrogens is 4. The molecule has 21 heavy (non-hydrogen) atoms. The second kappa shape index (κ2) is 5.99. The fourth-order valence-electron chi connectivity index (χ4n) is 3.13. The Kier molecular flexibility index (Phi) is 4.07. The maximum Gasteiger partial charge on any atom is 0.0949 e. The van der Waals surface area contributed by atoms with Crippen molar-refractivity contribution in [2.75, 3.05) is 19.8 Å². The zero-order valence-electron chi connectivity index (χ0n) is 13.0. The smallest absolute Gasteiger partial charge is 0.0949 e. The van der Waals surface area contributed by atoms with Gasteiger partial charge in [-0.25, -0.2) is 4.98 Å². The Morgan fingerprint density at radius 2 is 2.24 bits per heavy atom. The molecule has 114 valence electrons. The van der Waals surface area contributed by atoms with Crippen LogP contribution in [0, 0.1) is 0 Å². The molecule has 6 nitrogen and oxygen atoms in total. The van der Waals surface area contributed by atoms with Gasteiger partial charge in [-0.1, -0.05) is 0 Å². The van der Waals surface area contributed by atoms with Crippen LogP contribution in [0.25, 0.3) is 0 Å². The zero-order chi connectivity index (χ0) is 14.8. The summed E-state index contributed by atoms with van der Waals surface area (Å²) in [5.41, 5.74) is 3.75. The van der Waals surface area contributed by atoms with Gasteiger partial charge in [0.05, 0.1) is 24.8 Å². The number of aryl methyl sites for hydroxylation is 2. The Hall–Kier alpha value is -1.66. The third-order valence-corrected chi connectivity index (χ3v) is 3.99. The van der Waals surface area contributed by atoms with Crippen molar-refractivity contribution in [3.05, 3.63) is 35.7 Å². The van der Waals surface area contributed by atoms with Gasteiger partial charge in [-0.3, -0.25) is 9.58 Å². The molecule has 0 saturated heterocycles. The quantitative estimate of drug-likeness (QED) is 0.832. The molecule has 3 rings (SSSR count). The molecule has 0 spiro atoms. The van der Waals surface area contributed by atoms with E-state index in [9.17, 15) is 0 Å². The van der Waals surface area contributed by atoms with Crippen LogP contribution in [-0.2, 0) is 31.9 Å². The van der Waals surface area contributed by atoms with E-state index in [4.69, 9.17) is 4.74 Å². The summed E-state index contributed by atoms with van der Waals surface area (Å²) in [5.74, 6) is 0.387. The molecule has 0 bridgehead atoms. The Balaban J connectivity index is 1.76. The lowest BCUT2D eigenvalue weighted by atomic mass is 9.98. The van der Waals surface area contributed by atoms with Crippen LogP contribution in [0.3, 0.4) is 0 Å². The summed E-state index contributed by atoms with van der Waals surface area (Å²) >= 11 is 0. The van der Waals surface area contributed by atoms with Crippen LogP contribution in [-0.4, -0.2) is 44.0 Å². The highest BCUT2D eigenvalue weighted by molar-refractivity contribution is 5.22. The van der Waals surface area contributed by atoms with Gasteiger partial charge in [-0.15, -0.1) is 0 Å². The standard InChI is InChI=1S/C15H23N5O/c1-4-21-10-13-8-20(7-12-5-17-19(3)6-12)9-14-15(13)18(2)11-16-14/h5-6,11,13H,4,7-10H2,1-3H3. The van der Waals surface area contributed by atoms with E-state index < -0.39 is 0 Å². The molecule has 6 heteroatoms. The summed E-state index contributed by atoms with van der Waals surface area (Å²) in [4.78, 5) is 6.98. The Morgan fingerprint density at radius 3 is 2.95 bits per heavy atom. The van der Waals surface area contributed by atoms with Gasteiger partial charge in [0.15, 0.2) is 0 Å². The van der Waals surface area contributed by atoms with Gasteiger partial charge in [-0.2, -0.15) is 5.10 Å². The molecule has 0 aliphatic carbocycles. The molecule has 0 fully saturated rings. The highest BCUT2D eigenvalue weighted by Gasteiger charge is 2.29. The van der Waals surface area contributed by atoms with E-state index in [0.717, 1.165) is 32.8 Å². The van der Waals surface area contributed by atoms with Crippen LogP contribution in [0.15, 0.2) is 18.7 Å². The van der Waals surface area contributed by atoms with Crippen molar-refractivity contribution in [1.29, 1.82) is 0 Å². The first-order valence-electron chi connectivity index (χ1n) is 7.45. The summed E-state index contributed by atoms with van der Waals surface area (Å²) in [6.45, 7) is 6.36. The van der Waals surface area contributed by atoms with Gasteiger partial charge in [0.2, 0.25) is 0 Å². The fourth-order valence-corrected chi connectivity index (χ4v) is 3.13. The molecule has 0 radical (unpaired) electrons. The van der Waals surface area contributed by atoms with E-state index in [1.54, 1.807) is 0 Å². The van der Waals surface area contributed by atoms with Crippen LogP contribution in [0.2, 0.25) is 0 Å². The molecule has 0 amide bonds. The van der Waals surface area contributed by atoms with Crippen LogP contribution < -0.4 is 0 Å². The first kappa shape index (κ1) is 14.3. The summed E-state index contributed by atoms with van der Waals surface area (Å²) in [6.07, 6.45) is 5.92. The lowest BCUT2D eigenvalue weighted by Crippen LogP contribution is -2.35. The van der Waals surface area contributed by atoms with E-state index in [0.29, 0.717) is 5.92 Å². The summed E-state index contributed by atoms with van der Waals surface area (Å²) in [5, 5.41) is 4.24. The average molecular weight is 289 g/mol. The van der Waals surface area contributed by atoms with Crippen molar-refractivity contribution < 1.29 is 4.74 Å². The van der Waals surface area contributed by atoms with Crippen LogP contribution in [0.4, 0.5) is 0 Å². The predicted molar refractivity (Wildman–Crippen MR) is 79.8 cm³/mol. The Bertz CT molecular complexity index is 603. The number of hydrogen-bond acceptors (Lipinski definition) is 4. The number of rotatable bonds is 5. The highest BCUT2D eigenvalue weighted by atomic mass is 16.5. The summed E-state index contributed by atoms with van der Waals surface area (Å²) in [7, 11) is 4.02. The lowest BCUT2D eigenvalue weighted by molar-refractivity contribution is 0.102. The molecule has 3 heterocycles. The van der Waals surface area contributed by atoms with Crippen molar-refractivity contribution >= 4 is 0 Å². The van der Waals surface area contributed by atoms with E-state index in [2.05, 4.69) is 32.8 Å². The SMILES string of the molecule is CCOCC1CN(Cc2cnn(C)c2)Cc2ncn(C)c21. The van der Waals surface area contributed by atoms with Crippen molar-refractivity contribution in [3.8, 4) is 0 Å². The number of hydrogen-bond donors (Lipinski definition) is 0. The minimum Gasteiger partial charge on any atom is -0.381 e. The summed E-state index contributed by atoms with van der Waals surface area (Å²) < 4.78 is 9.66. The second-order valence-corrected chi connectivity index (χ2v) is 5.74. The minimum absolute atomic E-state index is 0.387. The molecule has 0 N–H and O–H groups in total. The van der Waals surface area contributed by atoms with Crippen molar-refractivity contribution in [2.45, 2.75) is 25.9 Å². The maximum absolute atomic E-state index is 5.67. The maximum atomic E-state index is 5.67. The van der Waals surface area contributed by atoms with Gasteiger partial charge in [0.1, 0.15) is 0 Å². The van der Waals surface area contributed by atoms with Gasteiger partial charge >= 0.3 is 0 Å². The van der Waals surface area contributed by atoms with Gasteiger partial charge in [0, 0.05) is 63.7 Å². The number of fused-ring (bicyclic) bond motifs is 1. The van der Waals surface area contributed by atoms with Crippen molar-refractivity contribution in [1.82, 2.24) is 24.2 Å². The molecular weight excluding hydrogens is 266 g/mol. The van der Waals surface area contributed by atoms with Crippen molar-refractivity contribution in [3.63, 3.8) is 0 Å². The normalized spacial score (nSPS) is 18.9. The predicted octanol–water partition coefficient (Wildman–Crippen LogP) is 1.29. The van der Waals surface area contributed by atoms with Gasteiger partial charge in [-0.05, 0) is 6.92 Å². The molecule has 2 aromatic rings. The van der Waals surface area contributed by atoms with E-state index in [1.807, 2.05) is 31.2 Å². The molecule has 2 aromatic heterocycles. The minimum atomic E-state index is 0.387. The lowest BCUT2D eigenvalue weighted by Gasteiger charge is -2.32. The van der Waals surface area contributed by atoms with Crippen molar-refractivity contribution in [2.24, 2.45) is 14.1 Å². The van der Waals surface area contributed by atoms with Crippen LogP contribution >= 0.6 is 0 Å². The topological polar surface area (TPSA) is 48.1 Å². The van der Waals surface area contributed by atoms with E-state index in [-0.39, 0.29) is 0 Å². The first-order valence-corrected chi connectivity index (χ1v) is 7.45. The second-order valence-electron chi connectivity index (χ2n) is 5.74. The third kappa shape index (κ3) is 3.01. The zero-order valence-corrected chi connectivity index (χ0v) is 13.0. The molecule has 0 saturated carbocycles. The van der Waals surface area contributed by atoms with E-state index >= 15 is 0 Å². The van der Waals surface area contributed by atoms with Gasteiger partial charge in [0.25, 0.3) is 0 Å².